The Morgan fingerprint density at radius 2 is 0.766 bits per heavy atom. The van der Waals surface area contributed by atoms with Crippen LogP contribution in [0.25, 0.3) is 30.3 Å². The van der Waals surface area contributed by atoms with Gasteiger partial charge in [0.25, 0.3) is 5.91 Å². The van der Waals surface area contributed by atoms with E-state index < -0.39 is 88.1 Å². The molecule has 33 heteroatoms. The Balaban J connectivity index is 0.000000209. The summed E-state index contributed by atoms with van der Waals surface area (Å²) in [6.45, 7) is 5.55. The second kappa shape index (κ2) is 30.3. The number of hydrogen-bond donors (Lipinski definition) is 5. The van der Waals surface area contributed by atoms with E-state index in [1.54, 1.807) is 7.05 Å². The minimum atomic E-state index is -4.58. The van der Waals surface area contributed by atoms with Gasteiger partial charge in [-0.25, -0.2) is 4.79 Å². The van der Waals surface area contributed by atoms with Crippen molar-refractivity contribution in [3.8, 4) is 0 Å². The molecule has 3 heterocycles. The summed E-state index contributed by atoms with van der Waals surface area (Å²) in [7, 11) is 4.49. The lowest BCUT2D eigenvalue weighted by atomic mass is 10.0. The number of benzene rings is 6. The molecule has 506 valence electrons. The molecule has 0 aliphatic heterocycles. The molecule has 9 aromatic rings. The van der Waals surface area contributed by atoms with Crippen molar-refractivity contribution in [2.45, 2.75) is 78.9 Å². The van der Waals surface area contributed by atoms with E-state index in [1.807, 2.05) is 20.8 Å². The SMILES string of the molecule is CCSc1c(C(=O)Cc2cc(C(F)(F)F)ccc2NC)sc2cc(C(F)(F)F)ccc12.CCSc1c(C(=O)N(C)c2ccc(C(F)(F)F)cc2N)sc2cc(C(F)(F)F)ccc12.CCSc1c(C(=O)O)sc2cc(C(F)(F)F)ccc12.CNc1ccc(C(F)(F)F)cc1N. The Morgan fingerprint density at radius 1 is 0.447 bits per heavy atom. The van der Waals surface area contributed by atoms with Crippen LogP contribution >= 0.6 is 69.3 Å². The number of nitrogens with one attached hydrogen (secondary N) is 2. The first-order valence-corrected chi connectivity index (χ1v) is 32.3. The highest BCUT2D eigenvalue weighted by atomic mass is 32.2. The van der Waals surface area contributed by atoms with Crippen molar-refractivity contribution in [2.24, 2.45) is 0 Å². The maximum atomic E-state index is 13.1. The molecule has 0 saturated heterocycles. The van der Waals surface area contributed by atoms with Gasteiger partial charge in [0.1, 0.15) is 9.75 Å². The predicted molar refractivity (Wildman–Crippen MR) is 340 cm³/mol. The lowest BCUT2D eigenvalue weighted by molar-refractivity contribution is -0.138. The number of thioether (sulfide) groups is 3. The highest BCUT2D eigenvalue weighted by molar-refractivity contribution is 8.00. The van der Waals surface area contributed by atoms with Gasteiger partial charge in [-0.3, -0.25) is 9.59 Å². The molecular formula is C61H51F18N5O4S6. The van der Waals surface area contributed by atoms with Crippen LogP contribution in [0.2, 0.25) is 0 Å². The highest BCUT2D eigenvalue weighted by Crippen LogP contribution is 2.46. The number of carbonyl (C=O) groups is 3. The number of carboxylic acids is 1. The predicted octanol–water partition coefficient (Wildman–Crippen LogP) is 21.5. The van der Waals surface area contributed by atoms with Gasteiger partial charge in [-0.2, -0.15) is 79.0 Å². The number of carbonyl (C=O) groups excluding carboxylic acids is 2. The van der Waals surface area contributed by atoms with Gasteiger partial charge in [-0.1, -0.05) is 39.0 Å². The third-order valence-corrected chi connectivity index (χ3v) is 20.0. The van der Waals surface area contributed by atoms with Crippen LogP contribution in [0.15, 0.2) is 124 Å². The molecule has 0 saturated carbocycles. The summed E-state index contributed by atoms with van der Waals surface area (Å²) in [5.41, 5.74) is 7.14. The van der Waals surface area contributed by atoms with Crippen molar-refractivity contribution < 1.29 is 98.5 Å². The molecule has 0 radical (unpaired) electrons. The second-order valence-corrected chi connectivity index (χ2v) is 26.4. The van der Waals surface area contributed by atoms with E-state index in [0.717, 1.165) is 118 Å². The molecule has 0 aliphatic carbocycles. The number of nitrogens with two attached hydrogens (primary N) is 2. The van der Waals surface area contributed by atoms with Crippen LogP contribution in [-0.2, 0) is 43.5 Å². The third-order valence-electron chi connectivity index (χ3n) is 13.1. The van der Waals surface area contributed by atoms with Gasteiger partial charge < -0.3 is 32.1 Å². The molecule has 9 nitrogen and oxygen atoms in total. The molecule has 6 aromatic carbocycles. The zero-order valence-electron chi connectivity index (χ0n) is 49.2. The van der Waals surface area contributed by atoms with Crippen molar-refractivity contribution in [1.82, 2.24) is 0 Å². The Bertz CT molecular complexity index is 4210. The Labute approximate surface area is 548 Å². The van der Waals surface area contributed by atoms with Gasteiger partial charge in [0, 0.05) is 78.2 Å². The Hall–Kier alpha value is -7.20. The average Bonchev–Trinajstić information content (AvgIpc) is 1.63. The largest absolute Gasteiger partial charge is 0.477 e. The first kappa shape index (κ1) is 75.8. The summed E-state index contributed by atoms with van der Waals surface area (Å²) >= 11 is 6.67. The summed E-state index contributed by atoms with van der Waals surface area (Å²) in [5, 5.41) is 16.2. The topological polar surface area (TPSA) is 151 Å². The zero-order valence-corrected chi connectivity index (χ0v) is 54.1. The van der Waals surface area contributed by atoms with Crippen molar-refractivity contribution in [2.75, 3.05) is 65.4 Å². The van der Waals surface area contributed by atoms with Gasteiger partial charge in [0.2, 0.25) is 0 Å². The van der Waals surface area contributed by atoms with E-state index in [2.05, 4.69) is 10.6 Å². The number of thiophene rings is 3. The van der Waals surface area contributed by atoms with E-state index in [9.17, 15) is 93.4 Å². The summed E-state index contributed by atoms with van der Waals surface area (Å²) in [6, 6.07) is 18.9. The number of anilines is 5. The molecule has 7 N–H and O–H groups in total. The van der Waals surface area contributed by atoms with Gasteiger partial charge in [-0.05, 0) is 114 Å². The fraction of sp³-hybridized carbons (Fsp3) is 0.262. The maximum Gasteiger partial charge on any atom is 0.416 e. The highest BCUT2D eigenvalue weighted by Gasteiger charge is 2.37. The van der Waals surface area contributed by atoms with Crippen LogP contribution in [0.4, 0.5) is 107 Å². The first-order chi connectivity index (χ1) is 43.6. The van der Waals surface area contributed by atoms with Crippen molar-refractivity contribution in [3.63, 3.8) is 0 Å². The number of halogens is 18. The molecule has 0 atom stereocenters. The fourth-order valence-corrected chi connectivity index (χ4v) is 15.6. The number of hydrogen-bond acceptors (Lipinski definition) is 13. The molecule has 9 rings (SSSR count). The summed E-state index contributed by atoms with van der Waals surface area (Å²) in [4.78, 5) is 40.6. The van der Waals surface area contributed by atoms with Gasteiger partial charge in [0.05, 0.1) is 61.0 Å². The minimum Gasteiger partial charge on any atom is -0.477 e. The van der Waals surface area contributed by atoms with Gasteiger partial charge in [-0.15, -0.1) is 69.3 Å². The minimum absolute atomic E-state index is 0.0684. The molecule has 94 heavy (non-hydrogen) atoms. The quantitative estimate of drug-likeness (QED) is 0.0306. The number of ketones is 1. The number of carboxylic acid groups (broad SMARTS) is 1. The van der Waals surface area contributed by atoms with Crippen LogP contribution in [0.5, 0.6) is 0 Å². The van der Waals surface area contributed by atoms with Crippen LogP contribution < -0.4 is 27.0 Å². The number of alkyl halides is 18. The summed E-state index contributed by atoms with van der Waals surface area (Å²) in [5.74, 6) is -0.311. The van der Waals surface area contributed by atoms with Crippen molar-refractivity contribution in [1.29, 1.82) is 0 Å². The molecule has 0 fully saturated rings. The molecule has 0 bridgehead atoms. The Morgan fingerprint density at radius 3 is 1.13 bits per heavy atom. The number of aromatic carboxylic acids is 1. The smallest absolute Gasteiger partial charge is 0.416 e. The number of nitrogens with zero attached hydrogens (tertiary/aromatic N) is 1. The summed E-state index contributed by atoms with van der Waals surface area (Å²) in [6.07, 6.45) is -27.2. The monoisotopic (exact) mass is 1450 g/mol. The van der Waals surface area contributed by atoms with Gasteiger partial charge in [0.15, 0.2) is 5.78 Å². The first-order valence-electron chi connectivity index (χ1n) is 26.9. The number of nitrogen functional groups attached to an aromatic ring is 2. The standard InChI is InChI=1S/C21H17F6NOS2.C20H16F6N2OS2.C12H9F3O2S2.C8H9F3N2/c1-3-30-18-14-6-4-13(21(25,26)27)10-17(14)31-19(18)16(29)9-11-8-12(20(22,23)24)5-7-15(11)28-2;1-3-30-16-12-6-4-11(20(24,25)26)9-15(12)31-17(16)18(29)28(2)14-7-5-10(8-13(14)27)19(21,22)23;1-2-18-9-7-4-3-6(12(13,14)15)5-8(7)19-10(9)11(16)17;1-13-7-3-2-5(4-6(7)12)8(9,10)11/h4-8,10,28H,3,9H2,1-2H3;4-9H,3,27H2,1-2H3;3-5H,2H2,1H3,(H,16,17);2-4,13H,12H2,1H3. The van der Waals surface area contributed by atoms with Crippen LogP contribution in [0, 0.1) is 0 Å². The van der Waals surface area contributed by atoms with Crippen molar-refractivity contribution >= 4 is 146 Å². The molecule has 0 aliphatic rings. The maximum absolute atomic E-state index is 13.1. The molecule has 3 aromatic heterocycles. The van der Waals surface area contributed by atoms with Crippen LogP contribution in [0.1, 0.15) is 88.7 Å². The molecular weight excluding hydrogens is 1400 g/mol. The van der Waals surface area contributed by atoms with Crippen molar-refractivity contribution in [3.05, 3.63) is 163 Å². The third kappa shape index (κ3) is 18.4. The number of fused-ring (bicyclic) bond motifs is 3. The normalized spacial score (nSPS) is 12.2. The van der Waals surface area contributed by atoms with E-state index >= 15 is 0 Å². The van der Waals surface area contributed by atoms with E-state index in [-0.39, 0.29) is 43.7 Å². The van der Waals surface area contributed by atoms with E-state index in [4.69, 9.17) is 16.6 Å². The lowest BCUT2D eigenvalue weighted by Gasteiger charge is -2.20. The lowest BCUT2D eigenvalue weighted by Crippen LogP contribution is -2.27. The summed E-state index contributed by atoms with van der Waals surface area (Å²) < 4.78 is 232. The second-order valence-electron chi connectivity index (χ2n) is 19.4. The number of amides is 1. The average molecular weight is 1450 g/mol. The zero-order chi connectivity index (χ0) is 70.4. The van der Waals surface area contributed by atoms with E-state index in [0.29, 0.717) is 73.6 Å². The number of rotatable bonds is 14. The molecule has 0 spiro atoms. The molecule has 1 amide bonds. The number of Topliss-reactive ketones (excluding diaryl/α,β-unsaturated/α-hetero) is 1. The van der Waals surface area contributed by atoms with Crippen LogP contribution in [-0.4, -0.2) is 61.2 Å². The molecule has 0 unspecified atom stereocenters. The van der Waals surface area contributed by atoms with Gasteiger partial charge >= 0.3 is 43.0 Å². The van der Waals surface area contributed by atoms with Crippen LogP contribution in [0.3, 0.4) is 0 Å². The Kier molecular flexibility index (Phi) is 24.4. The fourth-order valence-electron chi connectivity index (χ4n) is 8.75. The van der Waals surface area contributed by atoms with E-state index in [1.165, 1.54) is 79.7 Å².